The second-order valence-corrected chi connectivity index (χ2v) is 8.91. The van der Waals surface area contributed by atoms with Crippen molar-refractivity contribution in [2.75, 3.05) is 18.9 Å². The Kier molecular flexibility index (Phi) is 5.04. The molecule has 2 aliphatic rings. The summed E-state index contributed by atoms with van der Waals surface area (Å²) in [6.07, 6.45) is 6.46. The quantitative estimate of drug-likeness (QED) is 0.443. The monoisotopic (exact) mass is 467 g/mol. The molecule has 35 heavy (non-hydrogen) atoms. The fourth-order valence-corrected chi connectivity index (χ4v) is 5.34. The number of hydrogen-bond donors (Lipinski definition) is 1. The summed E-state index contributed by atoms with van der Waals surface area (Å²) in [5, 5.41) is 0. The summed E-state index contributed by atoms with van der Waals surface area (Å²) in [4.78, 5) is 24.2. The largest absolute Gasteiger partial charge is 0.457 e. The fourth-order valence-electron chi connectivity index (χ4n) is 5.34. The number of hydrogen-bond acceptors (Lipinski definition) is 6. The Labute approximate surface area is 202 Å². The summed E-state index contributed by atoms with van der Waals surface area (Å²) in [7, 11) is 0. The van der Waals surface area contributed by atoms with Crippen LogP contribution >= 0.6 is 0 Å². The van der Waals surface area contributed by atoms with Crippen molar-refractivity contribution in [2.24, 2.45) is 0 Å². The van der Waals surface area contributed by atoms with Crippen molar-refractivity contribution >= 4 is 17.2 Å². The number of para-hydroxylation sites is 1. The molecule has 6 rings (SSSR count). The zero-order chi connectivity index (χ0) is 24.0. The van der Waals surface area contributed by atoms with Crippen LogP contribution in [0.1, 0.15) is 18.7 Å². The number of fused-ring (bicyclic) bond motifs is 3. The average molecular weight is 468 g/mol. The first kappa shape index (κ1) is 21.4. The lowest BCUT2D eigenvalue weighted by Crippen LogP contribution is -2.56. The number of carbonyl (C=O) groups is 1. The lowest BCUT2D eigenvalue weighted by Gasteiger charge is -2.43. The van der Waals surface area contributed by atoms with Crippen LogP contribution in [0.4, 0.5) is 5.82 Å². The van der Waals surface area contributed by atoms with Crippen molar-refractivity contribution in [1.29, 1.82) is 0 Å². The number of ether oxygens (including phenoxy) is 2. The van der Waals surface area contributed by atoms with E-state index in [0.29, 0.717) is 30.2 Å². The first-order valence-corrected chi connectivity index (χ1v) is 11.6. The molecular weight excluding hydrogens is 442 g/mol. The molecule has 4 aromatic rings. The maximum atomic E-state index is 12.9. The number of aromatic nitrogens is 3. The highest BCUT2D eigenvalue weighted by Gasteiger charge is 2.55. The lowest BCUT2D eigenvalue weighted by molar-refractivity contribution is -0.146. The van der Waals surface area contributed by atoms with Crippen LogP contribution in [0.3, 0.4) is 0 Å². The molecule has 8 nitrogen and oxygen atoms in total. The summed E-state index contributed by atoms with van der Waals surface area (Å²) in [6, 6.07) is 17.3. The highest BCUT2D eigenvalue weighted by Crippen LogP contribution is 2.46. The number of benzene rings is 2. The van der Waals surface area contributed by atoms with E-state index in [0.717, 1.165) is 35.7 Å². The van der Waals surface area contributed by atoms with E-state index >= 15 is 0 Å². The van der Waals surface area contributed by atoms with Gasteiger partial charge in [0, 0.05) is 18.0 Å². The molecule has 2 aromatic carbocycles. The molecule has 2 N–H and O–H groups in total. The first-order chi connectivity index (χ1) is 17.1. The molecule has 4 heterocycles. The van der Waals surface area contributed by atoms with Crippen molar-refractivity contribution in [3.8, 4) is 22.8 Å². The number of carbonyl (C=O) groups excluding carboxylic acids is 1. The van der Waals surface area contributed by atoms with E-state index in [9.17, 15) is 4.79 Å². The van der Waals surface area contributed by atoms with Crippen LogP contribution in [-0.2, 0) is 15.1 Å². The van der Waals surface area contributed by atoms with Gasteiger partial charge in [-0.05, 0) is 55.3 Å². The number of nitrogens with two attached hydrogens (primary N) is 1. The highest BCUT2D eigenvalue weighted by molar-refractivity contribution is 5.89. The van der Waals surface area contributed by atoms with Gasteiger partial charge in [0.15, 0.2) is 0 Å². The number of nitrogen functional groups attached to an aromatic ring is 1. The third-order valence-corrected chi connectivity index (χ3v) is 6.89. The van der Waals surface area contributed by atoms with E-state index in [1.54, 1.807) is 6.20 Å². The molecule has 2 aromatic heterocycles. The minimum Gasteiger partial charge on any atom is -0.457 e. The molecular formula is C27H25N5O3. The van der Waals surface area contributed by atoms with Gasteiger partial charge >= 0.3 is 0 Å². The number of amides is 1. The van der Waals surface area contributed by atoms with Crippen LogP contribution in [0, 0.1) is 0 Å². The minimum absolute atomic E-state index is 0.00125. The van der Waals surface area contributed by atoms with Gasteiger partial charge in [-0.1, -0.05) is 24.8 Å². The molecule has 176 valence electrons. The van der Waals surface area contributed by atoms with Crippen LogP contribution in [0.15, 0.2) is 79.6 Å². The predicted octanol–water partition coefficient (Wildman–Crippen LogP) is 4.17. The molecule has 0 aliphatic carbocycles. The number of nitrogens with zero attached hydrogens (tertiary/aromatic N) is 4. The minimum atomic E-state index is -0.695. The van der Waals surface area contributed by atoms with Crippen LogP contribution in [-0.4, -0.2) is 44.4 Å². The van der Waals surface area contributed by atoms with Gasteiger partial charge in [-0.3, -0.25) is 9.20 Å². The first-order valence-electron chi connectivity index (χ1n) is 11.6. The number of imidazole rings is 1. The number of morpholine rings is 1. The van der Waals surface area contributed by atoms with E-state index in [4.69, 9.17) is 20.2 Å². The summed E-state index contributed by atoms with van der Waals surface area (Å²) in [5.74, 6) is 2.46. The van der Waals surface area contributed by atoms with Crippen LogP contribution in [0.25, 0.3) is 16.8 Å². The molecule has 2 aliphatic heterocycles. The molecule has 2 unspecified atom stereocenters. The van der Waals surface area contributed by atoms with Crippen LogP contribution in [0.5, 0.6) is 11.5 Å². The summed E-state index contributed by atoms with van der Waals surface area (Å²) < 4.78 is 13.9. The molecule has 2 atom stereocenters. The van der Waals surface area contributed by atoms with E-state index in [-0.39, 0.29) is 11.9 Å². The number of rotatable bonds is 5. The third-order valence-electron chi connectivity index (χ3n) is 6.89. The molecule has 2 fully saturated rings. The maximum Gasteiger partial charge on any atom is 0.247 e. The maximum absolute atomic E-state index is 12.9. The van der Waals surface area contributed by atoms with E-state index in [1.165, 1.54) is 6.08 Å². The van der Waals surface area contributed by atoms with Gasteiger partial charge in [-0.2, -0.15) is 0 Å². The molecule has 8 heteroatoms. The molecule has 1 amide bonds. The molecule has 0 radical (unpaired) electrons. The Hall–Kier alpha value is -4.17. The third kappa shape index (κ3) is 3.37. The van der Waals surface area contributed by atoms with Gasteiger partial charge in [0.1, 0.15) is 39.9 Å². The van der Waals surface area contributed by atoms with E-state index in [2.05, 4.69) is 11.6 Å². The summed E-state index contributed by atoms with van der Waals surface area (Å²) in [6.45, 7) is 4.61. The Morgan fingerprint density at radius 1 is 1.17 bits per heavy atom. The van der Waals surface area contributed by atoms with E-state index in [1.807, 2.05) is 70.1 Å². The Balaban J connectivity index is 1.46. The van der Waals surface area contributed by atoms with Crippen LogP contribution in [0.2, 0.25) is 0 Å². The zero-order valence-corrected chi connectivity index (χ0v) is 19.1. The topological polar surface area (TPSA) is 95.0 Å². The SMILES string of the molecule is C=CC(=O)N1C2CCC1(c1nc(-c3ccc(Oc4ccccc4)cc3)c3c(N)nccn13)COC2. The second-order valence-electron chi connectivity index (χ2n) is 8.91. The van der Waals surface area contributed by atoms with Gasteiger partial charge in [-0.15, -0.1) is 0 Å². The smallest absolute Gasteiger partial charge is 0.247 e. The van der Waals surface area contributed by atoms with Crippen molar-refractivity contribution in [3.05, 3.63) is 85.5 Å². The van der Waals surface area contributed by atoms with Gasteiger partial charge in [0.25, 0.3) is 0 Å². The normalized spacial score (nSPS) is 21.3. The van der Waals surface area contributed by atoms with Crippen LogP contribution < -0.4 is 10.5 Å². The Morgan fingerprint density at radius 2 is 1.94 bits per heavy atom. The van der Waals surface area contributed by atoms with Crippen molar-refractivity contribution in [1.82, 2.24) is 19.3 Å². The molecule has 2 bridgehead atoms. The standard InChI is InChI=1S/C27H25N5O3/c1-2-22(33)32-19-12-13-27(32,17-34-16-19)26-30-23(24-25(28)29-14-15-31(24)26)18-8-10-21(11-9-18)35-20-6-4-3-5-7-20/h2-11,14-15,19H,1,12-13,16-17H2,(H2,28,29). The van der Waals surface area contributed by atoms with Gasteiger partial charge in [-0.25, -0.2) is 9.97 Å². The fraction of sp³-hybridized carbons (Fsp3) is 0.222. The second kappa shape index (κ2) is 8.25. The molecule has 2 saturated heterocycles. The van der Waals surface area contributed by atoms with Gasteiger partial charge in [0.2, 0.25) is 5.91 Å². The molecule has 0 spiro atoms. The van der Waals surface area contributed by atoms with Gasteiger partial charge < -0.3 is 20.1 Å². The van der Waals surface area contributed by atoms with Gasteiger partial charge in [0.05, 0.1) is 19.3 Å². The Morgan fingerprint density at radius 3 is 2.71 bits per heavy atom. The molecule has 0 saturated carbocycles. The van der Waals surface area contributed by atoms with Crippen molar-refractivity contribution < 1.29 is 14.3 Å². The average Bonchev–Trinajstić information content (AvgIpc) is 3.39. The summed E-state index contributed by atoms with van der Waals surface area (Å²) in [5.41, 5.74) is 7.94. The lowest BCUT2D eigenvalue weighted by atomic mass is 9.95. The Bertz CT molecular complexity index is 1410. The zero-order valence-electron chi connectivity index (χ0n) is 19.1. The van der Waals surface area contributed by atoms with Crippen molar-refractivity contribution in [2.45, 2.75) is 24.4 Å². The summed E-state index contributed by atoms with van der Waals surface area (Å²) >= 11 is 0. The number of anilines is 1. The highest BCUT2D eigenvalue weighted by atomic mass is 16.5. The predicted molar refractivity (Wildman–Crippen MR) is 132 cm³/mol. The van der Waals surface area contributed by atoms with Crippen molar-refractivity contribution in [3.63, 3.8) is 0 Å². The van der Waals surface area contributed by atoms with E-state index < -0.39 is 5.54 Å².